The Kier molecular flexibility index (Phi) is 2.64. The monoisotopic (exact) mass is 247 g/mol. The molecule has 0 atom stereocenters. The molecule has 70 valence electrons. The van der Waals surface area contributed by atoms with Crippen molar-refractivity contribution in [1.29, 1.82) is 0 Å². The smallest absolute Gasteiger partial charge is 0.0273 e. The van der Waals surface area contributed by atoms with Crippen LogP contribution in [0.1, 0.15) is 5.56 Å². The third-order valence-electron chi connectivity index (χ3n) is 2.11. The highest BCUT2D eigenvalue weighted by molar-refractivity contribution is 9.10. The third kappa shape index (κ3) is 1.85. The van der Waals surface area contributed by atoms with E-state index in [0.717, 1.165) is 4.47 Å². The Hall–Kier alpha value is -1.15. The molecule has 0 aliphatic heterocycles. The second-order valence-corrected chi connectivity index (χ2v) is 4.07. The van der Waals surface area contributed by atoms with Gasteiger partial charge < -0.3 is 0 Å². The van der Waals surface area contributed by atoms with E-state index in [0.29, 0.717) is 0 Å². The standard InChI is InChI=1S/C12H10BrN/c1-9-2-3-12(13)11(8-9)10-4-6-14-7-5-10/h2-8H,1H3. The van der Waals surface area contributed by atoms with Crippen LogP contribution in [-0.2, 0) is 0 Å². The van der Waals surface area contributed by atoms with Gasteiger partial charge in [-0.05, 0) is 36.2 Å². The van der Waals surface area contributed by atoms with Crippen molar-refractivity contribution in [3.05, 3.63) is 52.8 Å². The molecule has 2 heteroatoms. The number of halogens is 1. The fourth-order valence-electron chi connectivity index (χ4n) is 1.39. The molecule has 0 fully saturated rings. The van der Waals surface area contributed by atoms with Crippen LogP contribution in [0.5, 0.6) is 0 Å². The van der Waals surface area contributed by atoms with Crippen LogP contribution in [0.15, 0.2) is 47.2 Å². The summed E-state index contributed by atoms with van der Waals surface area (Å²) in [4.78, 5) is 4.01. The number of hydrogen-bond donors (Lipinski definition) is 0. The van der Waals surface area contributed by atoms with Gasteiger partial charge in [-0.25, -0.2) is 0 Å². The first-order valence-electron chi connectivity index (χ1n) is 4.44. The lowest BCUT2D eigenvalue weighted by Gasteiger charge is -2.05. The van der Waals surface area contributed by atoms with E-state index in [4.69, 9.17) is 0 Å². The molecule has 1 aromatic heterocycles. The van der Waals surface area contributed by atoms with Gasteiger partial charge in [0.1, 0.15) is 0 Å². The molecule has 1 heterocycles. The van der Waals surface area contributed by atoms with Crippen LogP contribution < -0.4 is 0 Å². The maximum Gasteiger partial charge on any atom is 0.0273 e. The maximum atomic E-state index is 4.01. The molecule has 0 radical (unpaired) electrons. The highest BCUT2D eigenvalue weighted by atomic mass is 79.9. The molecular formula is C12H10BrN. The summed E-state index contributed by atoms with van der Waals surface area (Å²) in [5.74, 6) is 0. The summed E-state index contributed by atoms with van der Waals surface area (Å²) in [6.45, 7) is 2.09. The summed E-state index contributed by atoms with van der Waals surface area (Å²) in [7, 11) is 0. The molecule has 1 aromatic carbocycles. The van der Waals surface area contributed by atoms with Crippen molar-refractivity contribution in [2.24, 2.45) is 0 Å². The first-order valence-corrected chi connectivity index (χ1v) is 5.23. The Morgan fingerprint density at radius 3 is 2.50 bits per heavy atom. The van der Waals surface area contributed by atoms with Crippen molar-refractivity contribution in [3.63, 3.8) is 0 Å². The molecule has 2 rings (SSSR count). The third-order valence-corrected chi connectivity index (χ3v) is 2.80. The van der Waals surface area contributed by atoms with Gasteiger partial charge in [0, 0.05) is 16.9 Å². The number of hydrogen-bond acceptors (Lipinski definition) is 1. The normalized spacial score (nSPS) is 10.1. The quantitative estimate of drug-likeness (QED) is 0.747. The first-order chi connectivity index (χ1) is 6.77. The van der Waals surface area contributed by atoms with Crippen LogP contribution in [0, 0.1) is 6.92 Å². The van der Waals surface area contributed by atoms with Gasteiger partial charge in [-0.3, -0.25) is 4.98 Å². The van der Waals surface area contributed by atoms with Crippen molar-refractivity contribution >= 4 is 15.9 Å². The van der Waals surface area contributed by atoms with Crippen LogP contribution in [0.25, 0.3) is 11.1 Å². The van der Waals surface area contributed by atoms with Gasteiger partial charge in [0.25, 0.3) is 0 Å². The van der Waals surface area contributed by atoms with Crippen LogP contribution in [0.4, 0.5) is 0 Å². The summed E-state index contributed by atoms with van der Waals surface area (Å²) < 4.78 is 1.12. The second-order valence-electron chi connectivity index (χ2n) is 3.22. The number of nitrogens with zero attached hydrogens (tertiary/aromatic N) is 1. The van der Waals surface area contributed by atoms with Crippen LogP contribution in [-0.4, -0.2) is 4.98 Å². The van der Waals surface area contributed by atoms with Gasteiger partial charge in [-0.1, -0.05) is 33.6 Å². The van der Waals surface area contributed by atoms with Gasteiger partial charge in [0.2, 0.25) is 0 Å². The number of benzene rings is 1. The van der Waals surface area contributed by atoms with Gasteiger partial charge >= 0.3 is 0 Å². The van der Waals surface area contributed by atoms with Crippen molar-refractivity contribution in [1.82, 2.24) is 4.98 Å². The zero-order valence-corrected chi connectivity index (χ0v) is 9.45. The van der Waals surface area contributed by atoms with E-state index in [1.54, 1.807) is 0 Å². The van der Waals surface area contributed by atoms with Crippen molar-refractivity contribution in [2.45, 2.75) is 6.92 Å². The van der Waals surface area contributed by atoms with E-state index in [1.807, 2.05) is 24.5 Å². The Morgan fingerprint density at radius 2 is 1.79 bits per heavy atom. The van der Waals surface area contributed by atoms with Crippen molar-refractivity contribution in [3.8, 4) is 11.1 Å². The highest BCUT2D eigenvalue weighted by Crippen LogP contribution is 2.28. The topological polar surface area (TPSA) is 12.9 Å². The summed E-state index contributed by atoms with van der Waals surface area (Å²) in [5, 5.41) is 0. The number of aromatic nitrogens is 1. The number of aryl methyl sites for hydroxylation is 1. The summed E-state index contributed by atoms with van der Waals surface area (Å²) in [6.07, 6.45) is 3.62. The number of rotatable bonds is 1. The van der Waals surface area contributed by atoms with Crippen molar-refractivity contribution in [2.75, 3.05) is 0 Å². The second kappa shape index (κ2) is 3.93. The maximum absolute atomic E-state index is 4.01. The van der Waals surface area contributed by atoms with Crippen LogP contribution >= 0.6 is 15.9 Å². The molecule has 0 aliphatic carbocycles. The molecule has 0 saturated heterocycles. The fraction of sp³-hybridized carbons (Fsp3) is 0.0833. The average molecular weight is 248 g/mol. The van der Waals surface area contributed by atoms with E-state index in [-0.39, 0.29) is 0 Å². The minimum atomic E-state index is 1.12. The number of pyridine rings is 1. The lowest BCUT2D eigenvalue weighted by Crippen LogP contribution is -1.82. The molecule has 0 unspecified atom stereocenters. The predicted molar refractivity (Wildman–Crippen MR) is 62.1 cm³/mol. The molecule has 0 amide bonds. The summed E-state index contributed by atoms with van der Waals surface area (Å²) in [5.41, 5.74) is 3.67. The first kappa shape index (κ1) is 9.41. The molecule has 0 N–H and O–H groups in total. The minimum absolute atomic E-state index is 1.12. The largest absolute Gasteiger partial charge is 0.265 e. The lowest BCUT2D eigenvalue weighted by atomic mass is 10.1. The van der Waals surface area contributed by atoms with E-state index < -0.39 is 0 Å². The lowest BCUT2D eigenvalue weighted by molar-refractivity contribution is 1.33. The van der Waals surface area contributed by atoms with Gasteiger partial charge in [-0.15, -0.1) is 0 Å². The summed E-state index contributed by atoms with van der Waals surface area (Å²) >= 11 is 3.55. The van der Waals surface area contributed by atoms with Crippen LogP contribution in [0.3, 0.4) is 0 Å². The Bertz CT molecular complexity index is 437. The molecule has 14 heavy (non-hydrogen) atoms. The van der Waals surface area contributed by atoms with E-state index >= 15 is 0 Å². The van der Waals surface area contributed by atoms with E-state index in [9.17, 15) is 0 Å². The molecular weight excluding hydrogens is 238 g/mol. The zero-order chi connectivity index (χ0) is 9.97. The molecule has 0 saturated carbocycles. The molecule has 0 aliphatic rings. The SMILES string of the molecule is Cc1ccc(Br)c(-c2ccncc2)c1. The zero-order valence-electron chi connectivity index (χ0n) is 7.87. The Morgan fingerprint density at radius 1 is 1.07 bits per heavy atom. The predicted octanol–water partition coefficient (Wildman–Crippen LogP) is 3.82. The van der Waals surface area contributed by atoms with Gasteiger partial charge in [0.05, 0.1) is 0 Å². The average Bonchev–Trinajstić information content (AvgIpc) is 2.23. The highest BCUT2D eigenvalue weighted by Gasteiger charge is 2.01. The van der Waals surface area contributed by atoms with Crippen LogP contribution in [0.2, 0.25) is 0 Å². The molecule has 1 nitrogen and oxygen atoms in total. The summed E-state index contributed by atoms with van der Waals surface area (Å²) in [6, 6.07) is 10.4. The van der Waals surface area contributed by atoms with E-state index in [1.165, 1.54) is 16.7 Å². The van der Waals surface area contributed by atoms with E-state index in [2.05, 4.69) is 46.0 Å². The van der Waals surface area contributed by atoms with Gasteiger partial charge in [0.15, 0.2) is 0 Å². The fourth-order valence-corrected chi connectivity index (χ4v) is 1.87. The Labute approximate surface area is 91.9 Å². The molecule has 0 spiro atoms. The molecule has 2 aromatic rings. The minimum Gasteiger partial charge on any atom is -0.265 e. The molecule has 0 bridgehead atoms. The Balaban J connectivity index is 2.57. The van der Waals surface area contributed by atoms with Gasteiger partial charge in [-0.2, -0.15) is 0 Å². The van der Waals surface area contributed by atoms with Crippen molar-refractivity contribution < 1.29 is 0 Å².